The number of carbonyl (C=O) groups excluding carboxylic acids is 1. The lowest BCUT2D eigenvalue weighted by atomic mass is 9.94. The Balaban J connectivity index is 2.80. The van der Waals surface area contributed by atoms with Gasteiger partial charge in [-0.2, -0.15) is 0 Å². The molecule has 21 heavy (non-hydrogen) atoms. The summed E-state index contributed by atoms with van der Waals surface area (Å²) in [5.41, 5.74) is 1.86. The van der Waals surface area contributed by atoms with E-state index in [1.54, 1.807) is 0 Å². The van der Waals surface area contributed by atoms with Gasteiger partial charge in [0.2, 0.25) is 0 Å². The fourth-order valence-corrected chi connectivity index (χ4v) is 2.25. The van der Waals surface area contributed by atoms with Gasteiger partial charge in [0.1, 0.15) is 0 Å². The quantitative estimate of drug-likeness (QED) is 0.686. The smallest absolute Gasteiger partial charge is 0.303 e. The maximum Gasteiger partial charge on any atom is 0.303 e. The number of ketones is 1. The molecular formula is C17H25NO3. The zero-order valence-electron chi connectivity index (χ0n) is 13.1. The molecule has 1 aromatic rings. The fourth-order valence-electron chi connectivity index (χ4n) is 2.25. The van der Waals surface area contributed by atoms with E-state index in [4.69, 9.17) is 5.11 Å². The maximum absolute atomic E-state index is 12.4. The van der Waals surface area contributed by atoms with Crippen molar-refractivity contribution in [3.05, 3.63) is 35.4 Å². The second-order valence-electron chi connectivity index (χ2n) is 5.34. The summed E-state index contributed by atoms with van der Waals surface area (Å²) < 4.78 is 0. The molecule has 2 unspecified atom stereocenters. The van der Waals surface area contributed by atoms with Gasteiger partial charge in [-0.3, -0.25) is 9.59 Å². The summed E-state index contributed by atoms with van der Waals surface area (Å²) in [5.74, 6) is -0.433. The van der Waals surface area contributed by atoms with Crippen LogP contribution in [0.25, 0.3) is 0 Å². The third-order valence-corrected chi connectivity index (χ3v) is 3.79. The molecule has 0 amide bonds. The van der Waals surface area contributed by atoms with Crippen molar-refractivity contribution in [2.24, 2.45) is 0 Å². The highest BCUT2D eigenvalue weighted by atomic mass is 16.4. The number of Topliss-reactive ketones (excluding diaryl/α,β-unsaturated/α-hetero) is 1. The van der Waals surface area contributed by atoms with Crippen molar-refractivity contribution < 1.29 is 14.7 Å². The van der Waals surface area contributed by atoms with Gasteiger partial charge in [0.25, 0.3) is 0 Å². The summed E-state index contributed by atoms with van der Waals surface area (Å²) in [6.45, 7) is 6.84. The lowest BCUT2D eigenvalue weighted by Gasteiger charge is -2.16. The second-order valence-corrected chi connectivity index (χ2v) is 5.34. The van der Waals surface area contributed by atoms with Crippen LogP contribution in [0.5, 0.6) is 0 Å². The van der Waals surface area contributed by atoms with E-state index in [9.17, 15) is 9.59 Å². The van der Waals surface area contributed by atoms with Crippen molar-refractivity contribution in [3.8, 4) is 0 Å². The highest BCUT2D eigenvalue weighted by Crippen LogP contribution is 2.19. The number of carboxylic acids is 1. The topological polar surface area (TPSA) is 66.4 Å². The van der Waals surface area contributed by atoms with Gasteiger partial charge in [-0.15, -0.1) is 0 Å². The van der Waals surface area contributed by atoms with E-state index in [-0.39, 0.29) is 12.2 Å². The minimum absolute atomic E-state index is 0.00560. The van der Waals surface area contributed by atoms with E-state index in [1.165, 1.54) is 5.56 Å². The maximum atomic E-state index is 12.4. The molecule has 116 valence electrons. The number of rotatable bonds is 9. The average Bonchev–Trinajstić information content (AvgIpc) is 2.50. The first kappa shape index (κ1) is 17.4. The molecule has 1 aromatic carbocycles. The fraction of sp³-hybridized carbons (Fsp3) is 0.529. The molecular weight excluding hydrogens is 266 g/mol. The summed E-state index contributed by atoms with van der Waals surface area (Å²) in [4.78, 5) is 23.1. The summed E-state index contributed by atoms with van der Waals surface area (Å²) in [6.07, 6.45) is 1.37. The molecule has 4 heteroatoms. The van der Waals surface area contributed by atoms with Gasteiger partial charge in [-0.05, 0) is 30.9 Å². The van der Waals surface area contributed by atoms with E-state index in [1.807, 2.05) is 31.2 Å². The van der Waals surface area contributed by atoms with Crippen molar-refractivity contribution in [1.82, 2.24) is 5.32 Å². The summed E-state index contributed by atoms with van der Waals surface area (Å²) in [5, 5.41) is 11.8. The molecule has 1 rings (SSSR count). The molecule has 0 aliphatic carbocycles. The first-order chi connectivity index (χ1) is 9.99. The average molecular weight is 291 g/mol. The summed E-state index contributed by atoms with van der Waals surface area (Å²) in [6, 6.07) is 7.23. The molecule has 0 saturated carbocycles. The SMILES string of the molecule is CCNC(CCC(=O)O)C(=O)c1ccc(C(C)CC)cc1. The Bertz CT molecular complexity index is 467. The highest BCUT2D eigenvalue weighted by molar-refractivity contribution is 6.00. The van der Waals surface area contributed by atoms with Crippen LogP contribution >= 0.6 is 0 Å². The monoisotopic (exact) mass is 291 g/mol. The number of likely N-dealkylation sites (N-methyl/N-ethyl adjacent to an activating group) is 1. The predicted octanol–water partition coefficient (Wildman–Crippen LogP) is 3.23. The van der Waals surface area contributed by atoms with Crippen molar-refractivity contribution in [2.75, 3.05) is 6.54 Å². The van der Waals surface area contributed by atoms with Gasteiger partial charge < -0.3 is 10.4 Å². The lowest BCUT2D eigenvalue weighted by molar-refractivity contribution is -0.137. The van der Waals surface area contributed by atoms with Gasteiger partial charge in [0.15, 0.2) is 5.78 Å². The molecule has 0 saturated heterocycles. The van der Waals surface area contributed by atoms with Crippen molar-refractivity contribution in [3.63, 3.8) is 0 Å². The first-order valence-corrected chi connectivity index (χ1v) is 7.58. The Hall–Kier alpha value is -1.68. The zero-order valence-corrected chi connectivity index (χ0v) is 13.1. The molecule has 2 atom stereocenters. The Labute approximate surface area is 126 Å². The number of hydrogen-bond acceptors (Lipinski definition) is 3. The van der Waals surface area contributed by atoms with Crippen molar-refractivity contribution >= 4 is 11.8 Å². The van der Waals surface area contributed by atoms with Gasteiger partial charge in [0, 0.05) is 12.0 Å². The van der Waals surface area contributed by atoms with Crippen LogP contribution in [0, 0.1) is 0 Å². The first-order valence-electron chi connectivity index (χ1n) is 7.58. The molecule has 0 bridgehead atoms. The van der Waals surface area contributed by atoms with E-state index in [0.29, 0.717) is 24.4 Å². The van der Waals surface area contributed by atoms with Gasteiger partial charge >= 0.3 is 5.97 Å². The Kier molecular flexibility index (Phi) is 7.09. The minimum Gasteiger partial charge on any atom is -0.481 e. The third-order valence-electron chi connectivity index (χ3n) is 3.79. The van der Waals surface area contributed by atoms with E-state index in [2.05, 4.69) is 19.2 Å². The molecule has 0 heterocycles. The highest BCUT2D eigenvalue weighted by Gasteiger charge is 2.20. The summed E-state index contributed by atoms with van der Waals surface area (Å²) in [7, 11) is 0. The molecule has 0 aliphatic rings. The predicted molar refractivity (Wildman–Crippen MR) is 83.8 cm³/mol. The number of benzene rings is 1. The molecule has 0 aliphatic heterocycles. The number of carbonyl (C=O) groups is 2. The Morgan fingerprint density at radius 1 is 1.19 bits per heavy atom. The standard InChI is InChI=1S/C17H25NO3/c1-4-12(3)13-6-8-14(9-7-13)17(21)15(18-5-2)10-11-16(19)20/h6-9,12,15,18H,4-5,10-11H2,1-3H3,(H,19,20). The molecule has 0 fully saturated rings. The van der Waals surface area contributed by atoms with E-state index < -0.39 is 12.0 Å². The van der Waals surface area contributed by atoms with Crippen LogP contribution in [-0.4, -0.2) is 29.4 Å². The molecule has 0 radical (unpaired) electrons. The van der Waals surface area contributed by atoms with Crippen LogP contribution in [-0.2, 0) is 4.79 Å². The van der Waals surface area contributed by atoms with Gasteiger partial charge in [0.05, 0.1) is 6.04 Å². The molecule has 0 aromatic heterocycles. The third kappa shape index (κ3) is 5.31. The van der Waals surface area contributed by atoms with Crippen LogP contribution in [0.15, 0.2) is 24.3 Å². The molecule has 4 nitrogen and oxygen atoms in total. The van der Waals surface area contributed by atoms with Crippen LogP contribution < -0.4 is 5.32 Å². The van der Waals surface area contributed by atoms with E-state index in [0.717, 1.165) is 6.42 Å². The Morgan fingerprint density at radius 3 is 2.29 bits per heavy atom. The summed E-state index contributed by atoms with van der Waals surface area (Å²) >= 11 is 0. The van der Waals surface area contributed by atoms with E-state index >= 15 is 0 Å². The van der Waals surface area contributed by atoms with Crippen LogP contribution in [0.3, 0.4) is 0 Å². The minimum atomic E-state index is -0.877. The number of hydrogen-bond donors (Lipinski definition) is 2. The largest absolute Gasteiger partial charge is 0.481 e. The normalized spacial score (nSPS) is 13.7. The van der Waals surface area contributed by atoms with Crippen molar-refractivity contribution in [2.45, 2.75) is 52.0 Å². The van der Waals surface area contributed by atoms with Crippen LogP contribution in [0.1, 0.15) is 61.9 Å². The number of carboxylic acid groups (broad SMARTS) is 1. The van der Waals surface area contributed by atoms with Crippen molar-refractivity contribution in [1.29, 1.82) is 0 Å². The second kappa shape index (κ2) is 8.57. The molecule has 2 N–H and O–H groups in total. The van der Waals surface area contributed by atoms with Gasteiger partial charge in [-0.1, -0.05) is 45.0 Å². The van der Waals surface area contributed by atoms with Gasteiger partial charge in [-0.25, -0.2) is 0 Å². The number of nitrogens with one attached hydrogen (secondary N) is 1. The zero-order chi connectivity index (χ0) is 15.8. The Morgan fingerprint density at radius 2 is 1.81 bits per heavy atom. The lowest BCUT2D eigenvalue weighted by Crippen LogP contribution is -2.37. The van der Waals surface area contributed by atoms with Crippen LogP contribution in [0.4, 0.5) is 0 Å². The molecule has 0 spiro atoms. The van der Waals surface area contributed by atoms with Crippen LogP contribution in [0.2, 0.25) is 0 Å². The number of aliphatic carboxylic acids is 1.